The van der Waals surface area contributed by atoms with Crippen molar-refractivity contribution in [1.82, 2.24) is 9.97 Å². The molecular formula is C17H27ClN2O2. The number of nitrogens with zero attached hydrogens (tertiary/aromatic N) is 2. The smallest absolute Gasteiger partial charge is 0.359 e. The number of aromatic nitrogens is 2. The molecule has 0 radical (unpaired) electrons. The van der Waals surface area contributed by atoms with Crippen molar-refractivity contribution in [2.24, 2.45) is 0 Å². The Hall–Kier alpha value is -1.16. The van der Waals surface area contributed by atoms with Crippen LogP contribution in [0.25, 0.3) is 0 Å². The van der Waals surface area contributed by atoms with E-state index in [0.717, 1.165) is 32.1 Å². The first-order chi connectivity index (χ1) is 10.5. The second-order valence-corrected chi connectivity index (χ2v) is 6.37. The summed E-state index contributed by atoms with van der Waals surface area (Å²) in [5.74, 6) is -0.418. The normalized spacial score (nSPS) is 13.6. The Bertz CT molecular complexity index is 450. The van der Waals surface area contributed by atoms with Gasteiger partial charge in [-0.2, -0.15) is 0 Å². The molecule has 0 aliphatic heterocycles. The quantitative estimate of drug-likeness (QED) is 0.437. The molecule has 0 aliphatic carbocycles. The fourth-order valence-electron chi connectivity index (χ4n) is 2.40. The lowest BCUT2D eigenvalue weighted by Crippen LogP contribution is -2.32. The van der Waals surface area contributed by atoms with Gasteiger partial charge in [0.25, 0.3) is 0 Å². The predicted molar refractivity (Wildman–Crippen MR) is 89.1 cm³/mol. The van der Waals surface area contributed by atoms with Crippen molar-refractivity contribution in [3.63, 3.8) is 0 Å². The van der Waals surface area contributed by atoms with E-state index in [1.165, 1.54) is 31.7 Å². The summed E-state index contributed by atoms with van der Waals surface area (Å²) in [6.07, 6.45) is 11.3. The van der Waals surface area contributed by atoms with Gasteiger partial charge in [0.15, 0.2) is 5.69 Å². The molecule has 0 aliphatic rings. The number of hydrogen-bond donors (Lipinski definition) is 0. The molecule has 1 aromatic heterocycles. The molecule has 0 amide bonds. The maximum absolute atomic E-state index is 12.3. The molecular weight excluding hydrogens is 300 g/mol. The van der Waals surface area contributed by atoms with Crippen LogP contribution in [0.3, 0.4) is 0 Å². The molecule has 1 rings (SSSR count). The fraction of sp³-hybridized carbons (Fsp3) is 0.706. The highest BCUT2D eigenvalue weighted by Crippen LogP contribution is 2.27. The first-order valence-corrected chi connectivity index (χ1v) is 8.59. The highest BCUT2D eigenvalue weighted by molar-refractivity contribution is 6.29. The van der Waals surface area contributed by atoms with E-state index in [1.54, 1.807) is 0 Å². The maximum atomic E-state index is 12.3. The molecule has 0 spiro atoms. The average Bonchev–Trinajstić information content (AvgIpc) is 2.50. The zero-order valence-electron chi connectivity index (χ0n) is 13.9. The molecule has 0 saturated carbocycles. The monoisotopic (exact) mass is 326 g/mol. The van der Waals surface area contributed by atoms with E-state index in [4.69, 9.17) is 16.3 Å². The Labute approximate surface area is 138 Å². The molecule has 0 unspecified atom stereocenters. The topological polar surface area (TPSA) is 52.1 Å². The van der Waals surface area contributed by atoms with Gasteiger partial charge in [0.05, 0.1) is 12.4 Å². The van der Waals surface area contributed by atoms with E-state index in [2.05, 4.69) is 23.8 Å². The fourth-order valence-corrected chi connectivity index (χ4v) is 2.49. The van der Waals surface area contributed by atoms with E-state index in [1.807, 2.05) is 6.92 Å². The van der Waals surface area contributed by atoms with Crippen molar-refractivity contribution in [3.05, 3.63) is 23.2 Å². The number of carbonyl (C=O) groups excluding carboxylic acids is 1. The number of esters is 1. The molecule has 22 heavy (non-hydrogen) atoms. The first-order valence-electron chi connectivity index (χ1n) is 8.21. The van der Waals surface area contributed by atoms with Crippen molar-refractivity contribution in [2.45, 2.75) is 77.7 Å². The standard InChI is InChI=1S/C17H27ClN2O2/c1-4-6-8-9-11-17(3,10-7-5-2)22-16(21)14-12-20-15(18)13-19-14/h12-13H,4-11H2,1-3H3/t17-/m1/s1. The molecule has 1 aromatic rings. The summed E-state index contributed by atoms with van der Waals surface area (Å²) in [5.41, 5.74) is -0.219. The van der Waals surface area contributed by atoms with Crippen molar-refractivity contribution >= 4 is 17.6 Å². The number of rotatable bonds is 10. The van der Waals surface area contributed by atoms with Crippen LogP contribution in [-0.4, -0.2) is 21.5 Å². The molecule has 0 fully saturated rings. The number of ether oxygens (including phenoxy) is 1. The van der Waals surface area contributed by atoms with Gasteiger partial charge in [0.2, 0.25) is 0 Å². The van der Waals surface area contributed by atoms with Gasteiger partial charge >= 0.3 is 5.97 Å². The average molecular weight is 327 g/mol. The van der Waals surface area contributed by atoms with Crippen molar-refractivity contribution < 1.29 is 9.53 Å². The third-order valence-electron chi connectivity index (χ3n) is 3.79. The zero-order valence-corrected chi connectivity index (χ0v) is 14.7. The first kappa shape index (κ1) is 18.9. The zero-order chi connectivity index (χ0) is 16.4. The highest BCUT2D eigenvalue weighted by Gasteiger charge is 2.28. The van der Waals surface area contributed by atoms with E-state index in [0.29, 0.717) is 0 Å². The lowest BCUT2D eigenvalue weighted by Gasteiger charge is -2.29. The Morgan fingerprint density at radius 2 is 1.77 bits per heavy atom. The van der Waals surface area contributed by atoms with Gasteiger partial charge in [-0.1, -0.05) is 51.1 Å². The van der Waals surface area contributed by atoms with E-state index >= 15 is 0 Å². The third kappa shape index (κ3) is 6.73. The third-order valence-corrected chi connectivity index (χ3v) is 3.98. The van der Waals surface area contributed by atoms with E-state index in [-0.39, 0.29) is 10.8 Å². The maximum Gasteiger partial charge on any atom is 0.359 e. The molecule has 124 valence electrons. The van der Waals surface area contributed by atoms with Crippen molar-refractivity contribution in [3.8, 4) is 0 Å². The SMILES string of the molecule is CCCCCC[C@@](C)(CCCC)OC(=O)c1cnc(Cl)cn1. The van der Waals surface area contributed by atoms with Crippen LogP contribution in [0.4, 0.5) is 0 Å². The van der Waals surface area contributed by atoms with Gasteiger partial charge in [-0.15, -0.1) is 0 Å². The van der Waals surface area contributed by atoms with Crippen LogP contribution in [0.5, 0.6) is 0 Å². The number of halogens is 1. The molecule has 0 N–H and O–H groups in total. The molecule has 0 bridgehead atoms. The van der Waals surface area contributed by atoms with Gasteiger partial charge < -0.3 is 4.74 Å². The van der Waals surface area contributed by atoms with Crippen LogP contribution in [0.2, 0.25) is 5.15 Å². The molecule has 4 nitrogen and oxygen atoms in total. The van der Waals surface area contributed by atoms with Gasteiger partial charge in [0, 0.05) is 0 Å². The molecule has 1 atom stereocenters. The van der Waals surface area contributed by atoms with E-state index < -0.39 is 11.6 Å². The summed E-state index contributed by atoms with van der Waals surface area (Å²) in [4.78, 5) is 20.1. The summed E-state index contributed by atoms with van der Waals surface area (Å²) in [5, 5.41) is 0.268. The van der Waals surface area contributed by atoms with Crippen molar-refractivity contribution in [1.29, 1.82) is 0 Å². The largest absolute Gasteiger partial charge is 0.455 e. The summed E-state index contributed by atoms with van der Waals surface area (Å²) in [7, 11) is 0. The Balaban J connectivity index is 2.65. The lowest BCUT2D eigenvalue weighted by atomic mass is 9.92. The van der Waals surface area contributed by atoms with Gasteiger partial charge in [0.1, 0.15) is 10.8 Å². The number of carbonyl (C=O) groups is 1. The molecule has 0 aromatic carbocycles. The van der Waals surface area contributed by atoms with Gasteiger partial charge in [-0.3, -0.25) is 0 Å². The summed E-state index contributed by atoms with van der Waals surface area (Å²) in [6, 6.07) is 0. The predicted octanol–water partition coefficient (Wildman–Crippen LogP) is 5.21. The summed E-state index contributed by atoms with van der Waals surface area (Å²) < 4.78 is 5.76. The van der Waals surface area contributed by atoms with Crippen LogP contribution in [0.15, 0.2) is 12.4 Å². The van der Waals surface area contributed by atoms with Crippen LogP contribution in [-0.2, 0) is 4.74 Å². The minimum absolute atomic E-state index is 0.209. The number of hydrogen-bond acceptors (Lipinski definition) is 4. The van der Waals surface area contributed by atoms with E-state index in [9.17, 15) is 4.79 Å². The molecule has 0 saturated heterocycles. The highest BCUT2D eigenvalue weighted by atomic mass is 35.5. The Morgan fingerprint density at radius 3 is 2.36 bits per heavy atom. The second kappa shape index (κ2) is 9.78. The Kier molecular flexibility index (Phi) is 8.39. The van der Waals surface area contributed by atoms with Crippen LogP contribution < -0.4 is 0 Å². The van der Waals surface area contributed by atoms with Crippen LogP contribution in [0.1, 0.15) is 82.6 Å². The van der Waals surface area contributed by atoms with Crippen molar-refractivity contribution in [2.75, 3.05) is 0 Å². The lowest BCUT2D eigenvalue weighted by molar-refractivity contribution is -0.0203. The summed E-state index contributed by atoms with van der Waals surface area (Å²) in [6.45, 7) is 6.36. The second-order valence-electron chi connectivity index (χ2n) is 5.98. The van der Waals surface area contributed by atoms with Crippen LogP contribution >= 0.6 is 11.6 Å². The molecule has 5 heteroatoms. The van der Waals surface area contributed by atoms with Crippen LogP contribution in [0, 0.1) is 0 Å². The minimum atomic E-state index is -0.428. The number of unbranched alkanes of at least 4 members (excludes halogenated alkanes) is 4. The van der Waals surface area contributed by atoms with Gasteiger partial charge in [-0.05, 0) is 32.6 Å². The minimum Gasteiger partial charge on any atom is -0.455 e. The summed E-state index contributed by atoms with van der Waals surface area (Å²) >= 11 is 5.69. The van der Waals surface area contributed by atoms with Gasteiger partial charge in [-0.25, -0.2) is 14.8 Å². The molecule has 1 heterocycles. The Morgan fingerprint density at radius 1 is 1.09 bits per heavy atom.